The van der Waals surface area contributed by atoms with E-state index in [4.69, 9.17) is 5.11 Å². The second-order valence-corrected chi connectivity index (χ2v) is 2.60. The van der Waals surface area contributed by atoms with Crippen molar-refractivity contribution in [2.75, 3.05) is 13.2 Å². The third-order valence-corrected chi connectivity index (χ3v) is 1.68. The van der Waals surface area contributed by atoms with Gasteiger partial charge in [0.1, 0.15) is 0 Å². The number of hydrogen-bond acceptors (Lipinski definition) is 2. The molecule has 0 saturated heterocycles. The number of aliphatic hydroxyl groups is 1. The zero-order valence-electron chi connectivity index (χ0n) is 7.06. The van der Waals surface area contributed by atoms with E-state index in [1.54, 1.807) is 0 Å². The van der Waals surface area contributed by atoms with Gasteiger partial charge in [0.2, 0.25) is 0 Å². The Hall–Kier alpha value is -0.0800. The molecule has 0 amide bonds. The van der Waals surface area contributed by atoms with Gasteiger partial charge in [0.05, 0.1) is 6.61 Å². The lowest BCUT2D eigenvalue weighted by atomic mass is 10.2. The molecule has 0 aromatic heterocycles. The molecule has 1 unspecified atom stereocenters. The predicted octanol–water partition coefficient (Wildman–Crippen LogP) is 1.15. The first-order valence-corrected chi connectivity index (χ1v) is 4.19. The summed E-state index contributed by atoms with van der Waals surface area (Å²) in [5.41, 5.74) is 0. The van der Waals surface area contributed by atoms with Crippen molar-refractivity contribution in [2.45, 2.75) is 39.2 Å². The first-order valence-electron chi connectivity index (χ1n) is 4.19. The summed E-state index contributed by atoms with van der Waals surface area (Å²) in [5, 5.41) is 12.0. The van der Waals surface area contributed by atoms with Crippen LogP contribution in [0.4, 0.5) is 0 Å². The van der Waals surface area contributed by atoms with Crippen LogP contribution in [0.25, 0.3) is 0 Å². The molecule has 0 radical (unpaired) electrons. The summed E-state index contributed by atoms with van der Waals surface area (Å²) in [6, 6.07) is 0.312. The van der Waals surface area contributed by atoms with Gasteiger partial charge >= 0.3 is 0 Å². The largest absolute Gasteiger partial charge is 0.395 e. The summed E-state index contributed by atoms with van der Waals surface area (Å²) >= 11 is 0. The molecule has 2 nitrogen and oxygen atoms in total. The molecule has 2 heteroatoms. The van der Waals surface area contributed by atoms with Crippen LogP contribution in [0.15, 0.2) is 0 Å². The number of nitrogens with one attached hydrogen (secondary N) is 1. The van der Waals surface area contributed by atoms with E-state index in [2.05, 4.69) is 19.2 Å². The molecule has 62 valence electrons. The Kier molecular flexibility index (Phi) is 6.98. The van der Waals surface area contributed by atoms with Gasteiger partial charge in [-0.05, 0) is 19.4 Å². The number of rotatable bonds is 6. The zero-order chi connectivity index (χ0) is 7.82. The lowest BCUT2D eigenvalue weighted by Crippen LogP contribution is -2.32. The molecular weight excluding hydrogens is 126 g/mol. The Labute approximate surface area is 63.6 Å². The minimum Gasteiger partial charge on any atom is -0.395 e. The fourth-order valence-corrected chi connectivity index (χ4v) is 0.821. The molecule has 2 N–H and O–H groups in total. The van der Waals surface area contributed by atoms with E-state index >= 15 is 0 Å². The van der Waals surface area contributed by atoms with Gasteiger partial charge in [-0.2, -0.15) is 0 Å². The van der Waals surface area contributed by atoms with Crippen LogP contribution in [0.5, 0.6) is 0 Å². The van der Waals surface area contributed by atoms with Crippen molar-refractivity contribution >= 4 is 0 Å². The maximum absolute atomic E-state index is 8.76. The average Bonchev–Trinajstić information content (AvgIpc) is 1.99. The van der Waals surface area contributed by atoms with Crippen LogP contribution in [-0.4, -0.2) is 24.3 Å². The molecule has 0 aliphatic rings. The maximum atomic E-state index is 8.76. The lowest BCUT2D eigenvalue weighted by Gasteiger charge is -2.12. The fourth-order valence-electron chi connectivity index (χ4n) is 0.821. The summed E-state index contributed by atoms with van der Waals surface area (Å²) < 4.78 is 0. The molecule has 0 aromatic rings. The quantitative estimate of drug-likeness (QED) is 0.549. The first kappa shape index (κ1) is 9.92. The van der Waals surface area contributed by atoms with E-state index in [0.717, 1.165) is 13.0 Å². The molecule has 0 aliphatic carbocycles. The Morgan fingerprint density at radius 1 is 1.40 bits per heavy atom. The van der Waals surface area contributed by atoms with Crippen LogP contribution < -0.4 is 5.32 Å². The third kappa shape index (κ3) is 4.77. The zero-order valence-corrected chi connectivity index (χ0v) is 7.06. The molecule has 0 fully saturated rings. The van der Waals surface area contributed by atoms with E-state index in [1.807, 2.05) is 0 Å². The van der Waals surface area contributed by atoms with Gasteiger partial charge in [-0.1, -0.05) is 20.3 Å². The number of aliphatic hydroxyl groups excluding tert-OH is 1. The Morgan fingerprint density at radius 3 is 2.50 bits per heavy atom. The Morgan fingerprint density at radius 2 is 2.10 bits per heavy atom. The molecule has 0 heterocycles. The topological polar surface area (TPSA) is 32.3 Å². The van der Waals surface area contributed by atoms with Gasteiger partial charge in [0.25, 0.3) is 0 Å². The van der Waals surface area contributed by atoms with Crippen LogP contribution in [0, 0.1) is 0 Å². The van der Waals surface area contributed by atoms with E-state index in [0.29, 0.717) is 6.04 Å². The van der Waals surface area contributed by atoms with Crippen LogP contribution in [0.3, 0.4) is 0 Å². The van der Waals surface area contributed by atoms with Crippen molar-refractivity contribution in [3.05, 3.63) is 0 Å². The van der Waals surface area contributed by atoms with Gasteiger partial charge in [0.15, 0.2) is 0 Å². The summed E-state index contributed by atoms with van der Waals surface area (Å²) in [4.78, 5) is 0. The maximum Gasteiger partial charge on any atom is 0.0584 e. The van der Waals surface area contributed by atoms with Crippen LogP contribution in [0.1, 0.15) is 33.1 Å². The molecule has 0 spiro atoms. The van der Waals surface area contributed by atoms with Gasteiger partial charge in [-0.3, -0.25) is 0 Å². The smallest absolute Gasteiger partial charge is 0.0584 e. The molecule has 10 heavy (non-hydrogen) atoms. The second kappa shape index (κ2) is 7.03. The molecule has 0 aliphatic heterocycles. The van der Waals surface area contributed by atoms with Crippen molar-refractivity contribution < 1.29 is 5.11 Å². The molecular formula is C8H19NO. The molecule has 1 atom stereocenters. The van der Waals surface area contributed by atoms with Crippen LogP contribution in [-0.2, 0) is 0 Å². The Balaban J connectivity index is 3.09. The number of hydrogen-bond donors (Lipinski definition) is 2. The van der Waals surface area contributed by atoms with Gasteiger partial charge in [-0.15, -0.1) is 0 Å². The van der Waals surface area contributed by atoms with Crippen molar-refractivity contribution in [3.8, 4) is 0 Å². The summed E-state index contributed by atoms with van der Waals surface area (Å²) in [7, 11) is 0. The van der Waals surface area contributed by atoms with E-state index in [9.17, 15) is 0 Å². The monoisotopic (exact) mass is 145 g/mol. The Bertz CT molecular complexity index is 62.3. The second-order valence-electron chi connectivity index (χ2n) is 2.60. The average molecular weight is 145 g/mol. The standard InChI is InChI=1S/C8H19NO/c1-3-5-6-9-8(4-2)7-10/h8-10H,3-7H2,1-2H3. The third-order valence-electron chi connectivity index (χ3n) is 1.68. The number of unbranched alkanes of at least 4 members (excludes halogenated alkanes) is 1. The van der Waals surface area contributed by atoms with Crippen molar-refractivity contribution in [1.82, 2.24) is 5.32 Å². The molecule has 0 aromatic carbocycles. The summed E-state index contributed by atoms with van der Waals surface area (Å²) in [6.07, 6.45) is 3.44. The summed E-state index contributed by atoms with van der Waals surface area (Å²) in [6.45, 7) is 5.55. The van der Waals surface area contributed by atoms with Crippen LogP contribution >= 0.6 is 0 Å². The van der Waals surface area contributed by atoms with Crippen molar-refractivity contribution in [2.24, 2.45) is 0 Å². The molecule has 0 rings (SSSR count). The van der Waals surface area contributed by atoms with Crippen LogP contribution in [0.2, 0.25) is 0 Å². The van der Waals surface area contributed by atoms with Crippen molar-refractivity contribution in [1.29, 1.82) is 0 Å². The molecule has 0 bridgehead atoms. The fraction of sp³-hybridized carbons (Fsp3) is 1.00. The highest BCUT2D eigenvalue weighted by Gasteiger charge is 2.00. The van der Waals surface area contributed by atoms with E-state index in [1.165, 1.54) is 12.8 Å². The van der Waals surface area contributed by atoms with E-state index in [-0.39, 0.29) is 6.61 Å². The lowest BCUT2D eigenvalue weighted by molar-refractivity contribution is 0.239. The predicted molar refractivity (Wildman–Crippen MR) is 44.1 cm³/mol. The van der Waals surface area contributed by atoms with Crippen molar-refractivity contribution in [3.63, 3.8) is 0 Å². The van der Waals surface area contributed by atoms with Gasteiger partial charge in [-0.25, -0.2) is 0 Å². The van der Waals surface area contributed by atoms with Gasteiger partial charge in [0, 0.05) is 6.04 Å². The minimum atomic E-state index is 0.264. The highest BCUT2D eigenvalue weighted by atomic mass is 16.3. The summed E-state index contributed by atoms with van der Waals surface area (Å²) in [5.74, 6) is 0. The highest BCUT2D eigenvalue weighted by Crippen LogP contribution is 1.90. The normalized spacial score (nSPS) is 13.5. The first-order chi connectivity index (χ1) is 4.85. The minimum absolute atomic E-state index is 0.264. The van der Waals surface area contributed by atoms with E-state index < -0.39 is 0 Å². The molecule has 0 saturated carbocycles. The SMILES string of the molecule is CCCCNC(CC)CO. The van der Waals surface area contributed by atoms with Gasteiger partial charge < -0.3 is 10.4 Å². The highest BCUT2D eigenvalue weighted by molar-refractivity contribution is 4.61.